The second-order valence-electron chi connectivity index (χ2n) is 3.72. The van der Waals surface area contributed by atoms with E-state index in [1.54, 1.807) is 6.92 Å². The average molecular weight is 291 g/mol. The molecule has 0 unspecified atom stereocenters. The van der Waals surface area contributed by atoms with Crippen LogP contribution in [0.3, 0.4) is 0 Å². The molecule has 0 spiro atoms. The first-order chi connectivity index (χ1) is 9.45. The lowest BCUT2D eigenvalue weighted by Gasteiger charge is -2.07. The van der Waals surface area contributed by atoms with Crippen LogP contribution in [0.4, 0.5) is 17.6 Å². The van der Waals surface area contributed by atoms with Crippen molar-refractivity contribution in [2.45, 2.75) is 19.8 Å². The summed E-state index contributed by atoms with van der Waals surface area (Å²) in [6.07, 6.45) is -5.11. The van der Waals surface area contributed by atoms with E-state index >= 15 is 0 Å². The molecule has 0 fully saturated rings. The zero-order chi connectivity index (χ0) is 14.9. The summed E-state index contributed by atoms with van der Waals surface area (Å²) >= 11 is 0. The predicted octanol–water partition coefficient (Wildman–Crippen LogP) is 2.78. The lowest BCUT2D eigenvalue weighted by molar-refractivity contribution is 0.0528. The van der Waals surface area contributed by atoms with E-state index in [1.807, 2.05) is 0 Å². The monoisotopic (exact) mass is 291 g/mol. The van der Waals surface area contributed by atoms with Crippen LogP contribution in [-0.4, -0.2) is 27.2 Å². The number of nitrogens with zero attached hydrogens (tertiary/aromatic N) is 3. The van der Waals surface area contributed by atoms with Crippen LogP contribution in [0.25, 0.3) is 5.65 Å². The molecule has 0 saturated carbocycles. The van der Waals surface area contributed by atoms with Crippen molar-refractivity contribution in [3.63, 3.8) is 0 Å². The highest BCUT2D eigenvalue weighted by atomic mass is 19.3. The summed E-state index contributed by atoms with van der Waals surface area (Å²) in [5.41, 5.74) is -2.23. The topological polar surface area (TPSA) is 56.5 Å². The van der Waals surface area contributed by atoms with Gasteiger partial charge >= 0.3 is 5.97 Å². The van der Waals surface area contributed by atoms with Crippen LogP contribution in [0.1, 0.15) is 41.5 Å². The lowest BCUT2D eigenvalue weighted by Crippen LogP contribution is -2.08. The number of alkyl halides is 4. The molecule has 9 heteroatoms. The SMILES string of the molecule is CCOC(=O)c1cnn2c(C(F)F)cc(C(F)F)nc12. The molecule has 0 aromatic carbocycles. The predicted molar refractivity (Wildman–Crippen MR) is 58.9 cm³/mol. The Morgan fingerprint density at radius 3 is 2.60 bits per heavy atom. The van der Waals surface area contributed by atoms with Crippen molar-refractivity contribution in [2.24, 2.45) is 0 Å². The molecular weight excluding hydrogens is 282 g/mol. The van der Waals surface area contributed by atoms with Crippen molar-refractivity contribution >= 4 is 11.6 Å². The van der Waals surface area contributed by atoms with Gasteiger partial charge < -0.3 is 4.74 Å². The summed E-state index contributed by atoms with van der Waals surface area (Å²) in [5, 5.41) is 3.57. The summed E-state index contributed by atoms with van der Waals surface area (Å²) in [5.74, 6) is -0.860. The fourth-order valence-corrected chi connectivity index (χ4v) is 1.63. The highest BCUT2D eigenvalue weighted by molar-refractivity contribution is 5.95. The molecular formula is C11H9F4N3O2. The molecule has 0 aliphatic heterocycles. The van der Waals surface area contributed by atoms with Crippen molar-refractivity contribution in [3.8, 4) is 0 Å². The second kappa shape index (κ2) is 5.43. The van der Waals surface area contributed by atoms with Crippen molar-refractivity contribution in [1.29, 1.82) is 0 Å². The number of hydrogen-bond acceptors (Lipinski definition) is 4. The Morgan fingerprint density at radius 2 is 2.05 bits per heavy atom. The van der Waals surface area contributed by atoms with Gasteiger partial charge in [-0.3, -0.25) is 0 Å². The number of fused-ring (bicyclic) bond motifs is 1. The number of ether oxygens (including phenoxy) is 1. The van der Waals surface area contributed by atoms with Crippen LogP contribution in [0, 0.1) is 0 Å². The van der Waals surface area contributed by atoms with Crippen molar-refractivity contribution < 1.29 is 27.1 Å². The maximum absolute atomic E-state index is 12.8. The average Bonchev–Trinajstić information content (AvgIpc) is 2.81. The van der Waals surface area contributed by atoms with E-state index < -0.39 is 30.2 Å². The normalized spacial score (nSPS) is 11.6. The molecule has 0 radical (unpaired) electrons. The highest BCUT2D eigenvalue weighted by Crippen LogP contribution is 2.26. The minimum Gasteiger partial charge on any atom is -0.462 e. The van der Waals surface area contributed by atoms with Crippen LogP contribution in [0.15, 0.2) is 12.3 Å². The third kappa shape index (κ3) is 2.43. The molecule has 2 aromatic rings. The molecule has 5 nitrogen and oxygen atoms in total. The quantitative estimate of drug-likeness (QED) is 0.642. The van der Waals surface area contributed by atoms with Gasteiger partial charge in [-0.1, -0.05) is 0 Å². The summed E-state index contributed by atoms with van der Waals surface area (Å²) in [4.78, 5) is 15.1. The molecule has 0 atom stereocenters. The standard InChI is InChI=1S/C11H9F4N3O2/c1-2-20-11(19)5-4-16-18-7(9(14)15)3-6(8(12)13)17-10(5)18/h3-4,8-9H,2H2,1H3. The molecule has 0 amide bonds. The largest absolute Gasteiger partial charge is 0.462 e. The molecule has 2 rings (SSSR count). The number of carbonyl (C=O) groups excluding carboxylic acids is 1. The molecule has 0 bridgehead atoms. The van der Waals surface area contributed by atoms with Gasteiger partial charge in [-0.05, 0) is 13.0 Å². The number of halogens is 4. The lowest BCUT2D eigenvalue weighted by atomic mass is 10.3. The van der Waals surface area contributed by atoms with E-state index in [4.69, 9.17) is 0 Å². The summed E-state index contributed by atoms with van der Waals surface area (Å²) in [6.45, 7) is 1.60. The van der Waals surface area contributed by atoms with Crippen LogP contribution in [-0.2, 0) is 4.74 Å². The van der Waals surface area contributed by atoms with E-state index in [9.17, 15) is 22.4 Å². The van der Waals surface area contributed by atoms with Gasteiger partial charge in [-0.15, -0.1) is 0 Å². The first-order valence-electron chi connectivity index (χ1n) is 5.57. The van der Waals surface area contributed by atoms with Crippen LogP contribution >= 0.6 is 0 Å². The molecule has 0 aliphatic carbocycles. The van der Waals surface area contributed by atoms with Gasteiger partial charge in [0.15, 0.2) is 5.65 Å². The summed E-state index contributed by atoms with van der Waals surface area (Å²) in [6, 6.07) is 0.560. The molecule has 108 valence electrons. The van der Waals surface area contributed by atoms with E-state index in [0.29, 0.717) is 10.6 Å². The van der Waals surface area contributed by atoms with Gasteiger partial charge in [0.25, 0.3) is 12.9 Å². The van der Waals surface area contributed by atoms with Crippen molar-refractivity contribution in [1.82, 2.24) is 14.6 Å². The summed E-state index contributed by atoms with van der Waals surface area (Å²) in [7, 11) is 0. The van der Waals surface area contributed by atoms with Gasteiger partial charge in [-0.2, -0.15) is 5.10 Å². The fourth-order valence-electron chi connectivity index (χ4n) is 1.63. The van der Waals surface area contributed by atoms with E-state index in [1.165, 1.54) is 0 Å². The van der Waals surface area contributed by atoms with E-state index in [0.717, 1.165) is 6.20 Å². The van der Waals surface area contributed by atoms with Gasteiger partial charge in [0, 0.05) is 0 Å². The third-order valence-corrected chi connectivity index (χ3v) is 2.46. The van der Waals surface area contributed by atoms with Gasteiger partial charge in [0.05, 0.1) is 12.8 Å². The van der Waals surface area contributed by atoms with Crippen LogP contribution < -0.4 is 0 Å². The number of aromatic nitrogens is 3. The van der Waals surface area contributed by atoms with Gasteiger partial charge in [0.2, 0.25) is 0 Å². The first-order valence-corrected chi connectivity index (χ1v) is 5.57. The molecule has 0 aliphatic rings. The number of hydrogen-bond donors (Lipinski definition) is 0. The zero-order valence-corrected chi connectivity index (χ0v) is 10.2. The molecule has 2 aromatic heterocycles. The Hall–Kier alpha value is -2.19. The van der Waals surface area contributed by atoms with E-state index in [-0.39, 0.29) is 17.8 Å². The van der Waals surface area contributed by atoms with Crippen LogP contribution in [0.5, 0.6) is 0 Å². The Kier molecular flexibility index (Phi) is 3.86. The third-order valence-electron chi connectivity index (χ3n) is 2.46. The fraction of sp³-hybridized carbons (Fsp3) is 0.364. The maximum atomic E-state index is 12.8. The van der Waals surface area contributed by atoms with Crippen LogP contribution in [0.2, 0.25) is 0 Å². The van der Waals surface area contributed by atoms with E-state index in [2.05, 4.69) is 14.8 Å². The highest BCUT2D eigenvalue weighted by Gasteiger charge is 2.23. The van der Waals surface area contributed by atoms with Crippen molar-refractivity contribution in [2.75, 3.05) is 6.61 Å². The molecule has 0 N–H and O–H groups in total. The van der Waals surface area contributed by atoms with Crippen molar-refractivity contribution in [3.05, 3.63) is 29.2 Å². The zero-order valence-electron chi connectivity index (χ0n) is 10.2. The second-order valence-corrected chi connectivity index (χ2v) is 3.72. The minimum absolute atomic E-state index is 0.0480. The Balaban J connectivity index is 2.67. The number of esters is 1. The minimum atomic E-state index is -3.04. The number of carbonyl (C=O) groups is 1. The smallest absolute Gasteiger partial charge is 0.343 e. The summed E-state index contributed by atoms with van der Waals surface area (Å²) < 4.78 is 56.4. The Morgan fingerprint density at radius 1 is 1.35 bits per heavy atom. The Bertz CT molecular complexity index is 642. The molecule has 20 heavy (non-hydrogen) atoms. The van der Waals surface area contributed by atoms with Gasteiger partial charge in [-0.25, -0.2) is 31.9 Å². The van der Waals surface area contributed by atoms with Gasteiger partial charge in [0.1, 0.15) is 17.0 Å². The molecule has 2 heterocycles. The number of rotatable bonds is 4. The Labute approximate surface area is 110 Å². The first kappa shape index (κ1) is 14.2. The molecule has 0 saturated heterocycles. The maximum Gasteiger partial charge on any atom is 0.343 e.